The van der Waals surface area contributed by atoms with Crippen molar-refractivity contribution in [2.45, 2.75) is 13.8 Å². The number of hydrogen-bond donors (Lipinski definition) is 0. The summed E-state index contributed by atoms with van der Waals surface area (Å²) in [6.45, 7) is 7.90. The quantitative estimate of drug-likeness (QED) is 0.618. The molecule has 1 rings (SSSR count). The van der Waals surface area contributed by atoms with Crippen molar-refractivity contribution in [3.05, 3.63) is 39.9 Å². The van der Waals surface area contributed by atoms with Crippen molar-refractivity contribution in [3.8, 4) is 5.75 Å². The van der Waals surface area contributed by atoms with Gasteiger partial charge in [0.2, 0.25) is 0 Å². The van der Waals surface area contributed by atoms with Gasteiger partial charge in [0.15, 0.2) is 6.29 Å². The van der Waals surface area contributed by atoms with Gasteiger partial charge in [-0.25, -0.2) is 0 Å². The molecule has 2 nitrogen and oxygen atoms in total. The van der Waals surface area contributed by atoms with E-state index in [1.807, 2.05) is 19.9 Å². The van der Waals surface area contributed by atoms with Crippen molar-refractivity contribution in [2.24, 2.45) is 0 Å². The second-order valence-electron chi connectivity index (χ2n) is 3.24. The van der Waals surface area contributed by atoms with Gasteiger partial charge in [-0.05, 0) is 47.0 Å². The highest BCUT2D eigenvalue weighted by atomic mass is 79.9. The van der Waals surface area contributed by atoms with E-state index in [0.29, 0.717) is 12.2 Å². The van der Waals surface area contributed by atoms with Crippen LogP contribution >= 0.6 is 15.9 Å². The molecule has 1 aromatic carbocycles. The van der Waals surface area contributed by atoms with E-state index in [9.17, 15) is 4.79 Å². The van der Waals surface area contributed by atoms with Gasteiger partial charge in [0.05, 0.1) is 0 Å². The predicted molar refractivity (Wildman–Crippen MR) is 64.7 cm³/mol. The molecule has 0 heterocycles. The van der Waals surface area contributed by atoms with Crippen molar-refractivity contribution < 1.29 is 9.53 Å². The molecule has 0 N–H and O–H groups in total. The predicted octanol–water partition coefficient (Wildman–Crippen LogP) is 3.44. The number of rotatable bonds is 4. The number of carbonyl (C=O) groups excluding carboxylic acids is 1. The molecule has 0 aliphatic carbocycles. The molecular formula is C12H13BrO2. The van der Waals surface area contributed by atoms with Crippen LogP contribution in [-0.2, 0) is 0 Å². The maximum atomic E-state index is 10.8. The average molecular weight is 269 g/mol. The summed E-state index contributed by atoms with van der Waals surface area (Å²) in [5, 5.41) is 0. The first-order valence-electron chi connectivity index (χ1n) is 4.60. The molecule has 0 fully saturated rings. The zero-order valence-electron chi connectivity index (χ0n) is 8.84. The molecule has 80 valence electrons. The van der Waals surface area contributed by atoms with E-state index < -0.39 is 0 Å². The Kier molecular flexibility index (Phi) is 4.09. The van der Waals surface area contributed by atoms with E-state index in [0.717, 1.165) is 27.6 Å². The number of hydrogen-bond acceptors (Lipinski definition) is 2. The van der Waals surface area contributed by atoms with E-state index in [4.69, 9.17) is 4.74 Å². The third kappa shape index (κ3) is 2.48. The lowest BCUT2D eigenvalue weighted by Crippen LogP contribution is -2.00. The summed E-state index contributed by atoms with van der Waals surface area (Å²) in [7, 11) is 0. The van der Waals surface area contributed by atoms with Crippen LogP contribution < -0.4 is 4.74 Å². The maximum Gasteiger partial charge on any atom is 0.151 e. The van der Waals surface area contributed by atoms with E-state index in [1.54, 1.807) is 6.08 Å². The Balaban J connectivity index is 3.20. The van der Waals surface area contributed by atoms with E-state index in [2.05, 4.69) is 22.5 Å². The minimum Gasteiger partial charge on any atom is -0.489 e. The lowest BCUT2D eigenvalue weighted by atomic mass is 10.0. The molecular weight excluding hydrogens is 256 g/mol. The van der Waals surface area contributed by atoms with Crippen molar-refractivity contribution in [3.63, 3.8) is 0 Å². The van der Waals surface area contributed by atoms with Crippen LogP contribution in [0.4, 0.5) is 0 Å². The molecule has 0 bridgehead atoms. The Labute approximate surface area is 98.1 Å². The second-order valence-corrected chi connectivity index (χ2v) is 4.09. The molecule has 0 unspecified atom stereocenters. The van der Waals surface area contributed by atoms with Crippen LogP contribution in [0.5, 0.6) is 5.75 Å². The van der Waals surface area contributed by atoms with Crippen molar-refractivity contribution in [2.75, 3.05) is 6.61 Å². The van der Waals surface area contributed by atoms with Gasteiger partial charge in [-0.15, -0.1) is 0 Å². The van der Waals surface area contributed by atoms with Crippen LogP contribution in [0.25, 0.3) is 0 Å². The number of halogens is 1. The summed E-state index contributed by atoms with van der Waals surface area (Å²) in [4.78, 5) is 10.8. The lowest BCUT2D eigenvalue weighted by Gasteiger charge is -2.12. The standard InChI is InChI=1S/C12H13BrO2/c1-4-5-15-12-6-11(13)10(7-14)8(2)9(12)3/h4,6-7H,1,5H2,2-3H3. The zero-order valence-corrected chi connectivity index (χ0v) is 10.4. The van der Waals surface area contributed by atoms with Crippen LogP contribution in [0.2, 0.25) is 0 Å². The number of carbonyl (C=O) groups is 1. The fourth-order valence-corrected chi connectivity index (χ4v) is 1.91. The Morgan fingerprint density at radius 1 is 1.47 bits per heavy atom. The summed E-state index contributed by atoms with van der Waals surface area (Å²) in [6.07, 6.45) is 2.54. The van der Waals surface area contributed by atoms with Gasteiger partial charge in [0.1, 0.15) is 12.4 Å². The number of benzene rings is 1. The highest BCUT2D eigenvalue weighted by Crippen LogP contribution is 2.30. The van der Waals surface area contributed by atoms with Gasteiger partial charge >= 0.3 is 0 Å². The molecule has 0 saturated carbocycles. The first-order valence-corrected chi connectivity index (χ1v) is 5.39. The van der Waals surface area contributed by atoms with Gasteiger partial charge in [0.25, 0.3) is 0 Å². The van der Waals surface area contributed by atoms with Crippen molar-refractivity contribution in [1.29, 1.82) is 0 Å². The largest absolute Gasteiger partial charge is 0.489 e. The first kappa shape index (κ1) is 12.0. The fourth-order valence-electron chi connectivity index (χ4n) is 1.31. The van der Waals surface area contributed by atoms with Crippen LogP contribution in [0, 0.1) is 13.8 Å². The Hall–Kier alpha value is -1.09. The zero-order chi connectivity index (χ0) is 11.4. The van der Waals surface area contributed by atoms with Gasteiger partial charge in [0, 0.05) is 10.0 Å². The van der Waals surface area contributed by atoms with Crippen LogP contribution in [0.15, 0.2) is 23.2 Å². The average Bonchev–Trinajstić information content (AvgIpc) is 2.22. The summed E-state index contributed by atoms with van der Waals surface area (Å²) >= 11 is 3.35. The second kappa shape index (κ2) is 5.12. The van der Waals surface area contributed by atoms with E-state index >= 15 is 0 Å². The highest BCUT2D eigenvalue weighted by Gasteiger charge is 2.10. The maximum absolute atomic E-state index is 10.8. The fraction of sp³-hybridized carbons (Fsp3) is 0.250. The lowest BCUT2D eigenvalue weighted by molar-refractivity contribution is 0.112. The normalized spacial score (nSPS) is 9.80. The third-order valence-electron chi connectivity index (χ3n) is 2.33. The molecule has 0 saturated heterocycles. The topological polar surface area (TPSA) is 26.3 Å². The molecule has 0 amide bonds. The van der Waals surface area contributed by atoms with Crippen LogP contribution in [0.1, 0.15) is 21.5 Å². The van der Waals surface area contributed by atoms with Crippen molar-refractivity contribution >= 4 is 22.2 Å². The van der Waals surface area contributed by atoms with Gasteiger partial charge in [-0.1, -0.05) is 12.7 Å². The molecule has 3 heteroatoms. The molecule has 0 radical (unpaired) electrons. The smallest absolute Gasteiger partial charge is 0.151 e. The molecule has 1 aromatic rings. The molecule has 15 heavy (non-hydrogen) atoms. The summed E-state index contributed by atoms with van der Waals surface area (Å²) in [6, 6.07) is 1.82. The van der Waals surface area contributed by atoms with Crippen LogP contribution in [0.3, 0.4) is 0 Å². The SMILES string of the molecule is C=CCOc1cc(Br)c(C=O)c(C)c1C. The van der Waals surface area contributed by atoms with Gasteiger partial charge in [-0.2, -0.15) is 0 Å². The molecule has 0 atom stereocenters. The number of aldehydes is 1. The van der Waals surface area contributed by atoms with Gasteiger partial charge in [-0.3, -0.25) is 4.79 Å². The number of ether oxygens (including phenoxy) is 1. The first-order chi connectivity index (χ1) is 7.11. The van der Waals surface area contributed by atoms with E-state index in [1.165, 1.54) is 0 Å². The molecule has 0 spiro atoms. The molecule has 0 aromatic heterocycles. The van der Waals surface area contributed by atoms with Crippen molar-refractivity contribution in [1.82, 2.24) is 0 Å². The minimum atomic E-state index is 0.465. The summed E-state index contributed by atoms with van der Waals surface area (Å²) < 4.78 is 6.25. The minimum absolute atomic E-state index is 0.465. The Bertz CT molecular complexity index is 397. The summed E-state index contributed by atoms with van der Waals surface area (Å²) in [5.74, 6) is 0.782. The van der Waals surface area contributed by atoms with E-state index in [-0.39, 0.29) is 0 Å². The van der Waals surface area contributed by atoms with Crippen LogP contribution in [-0.4, -0.2) is 12.9 Å². The highest BCUT2D eigenvalue weighted by molar-refractivity contribution is 9.10. The Morgan fingerprint density at radius 3 is 2.67 bits per heavy atom. The summed E-state index contributed by atoms with van der Waals surface area (Å²) in [5.41, 5.74) is 2.61. The molecule has 0 aliphatic rings. The third-order valence-corrected chi connectivity index (χ3v) is 2.98. The van der Waals surface area contributed by atoms with Gasteiger partial charge < -0.3 is 4.74 Å². The monoisotopic (exact) mass is 268 g/mol. The Morgan fingerprint density at radius 2 is 2.13 bits per heavy atom. The molecule has 0 aliphatic heterocycles.